The van der Waals surface area contributed by atoms with Crippen molar-refractivity contribution in [2.45, 2.75) is 105 Å². The highest BCUT2D eigenvalue weighted by Gasteiger charge is 2.52. The molecule has 0 radical (unpaired) electrons. The molecule has 1 N–H and O–H groups in total. The van der Waals surface area contributed by atoms with E-state index in [0.717, 1.165) is 30.6 Å². The van der Waals surface area contributed by atoms with Crippen LogP contribution in [0, 0.1) is 34.5 Å². The second-order valence-corrected chi connectivity index (χ2v) is 11.4. The highest BCUT2D eigenvalue weighted by Crippen LogP contribution is 2.64. The number of aliphatic hydroxyl groups is 1. The Kier molecular flexibility index (Phi) is 5.15. The first kappa shape index (κ1) is 19.7. The molecule has 0 spiro atoms. The van der Waals surface area contributed by atoms with Crippen molar-refractivity contribution in [3.8, 4) is 0 Å². The highest BCUT2D eigenvalue weighted by molar-refractivity contribution is 5.49. The number of rotatable bonds is 4. The molecule has 0 saturated heterocycles. The molecule has 0 heterocycles. The second-order valence-electron chi connectivity index (χ2n) is 11.4. The van der Waals surface area contributed by atoms with Gasteiger partial charge in [-0.15, -0.1) is 0 Å². The van der Waals surface area contributed by atoms with Crippen molar-refractivity contribution in [3.05, 3.63) is 22.8 Å². The summed E-state index contributed by atoms with van der Waals surface area (Å²) < 4.78 is 0. The van der Waals surface area contributed by atoms with Gasteiger partial charge in [-0.2, -0.15) is 0 Å². The summed E-state index contributed by atoms with van der Waals surface area (Å²) >= 11 is 0. The van der Waals surface area contributed by atoms with Crippen LogP contribution in [0.15, 0.2) is 22.8 Å². The molecule has 1 unspecified atom stereocenters. The maximum absolute atomic E-state index is 10.2. The molecule has 0 bridgehead atoms. The van der Waals surface area contributed by atoms with Crippen molar-refractivity contribution in [3.63, 3.8) is 0 Å². The Morgan fingerprint density at radius 3 is 2.56 bits per heavy atom. The van der Waals surface area contributed by atoms with Crippen LogP contribution in [0.1, 0.15) is 98.8 Å². The largest absolute Gasteiger partial charge is 0.393 e. The predicted octanol–water partition coefficient (Wildman–Crippen LogP) is 7.06. The minimum Gasteiger partial charge on any atom is -0.393 e. The van der Waals surface area contributed by atoms with Gasteiger partial charge >= 0.3 is 0 Å². The third-order valence-corrected chi connectivity index (χ3v) is 9.37. The topological polar surface area (TPSA) is 20.2 Å². The van der Waals surface area contributed by atoms with Gasteiger partial charge in [0.1, 0.15) is 0 Å². The van der Waals surface area contributed by atoms with Crippen LogP contribution in [0.2, 0.25) is 0 Å². The maximum atomic E-state index is 10.2. The first-order chi connectivity index (χ1) is 12.8. The molecule has 4 aliphatic rings. The number of hydrogen-bond donors (Lipinski definition) is 1. The van der Waals surface area contributed by atoms with Gasteiger partial charge in [0, 0.05) is 0 Å². The molecule has 1 nitrogen and oxygen atoms in total. The molecule has 6 atom stereocenters. The van der Waals surface area contributed by atoms with Crippen molar-refractivity contribution in [2.75, 3.05) is 0 Å². The Balaban J connectivity index is 1.59. The van der Waals surface area contributed by atoms with Crippen LogP contribution in [0.25, 0.3) is 0 Å². The lowest BCUT2D eigenvalue weighted by molar-refractivity contribution is 0.0225. The summed E-state index contributed by atoms with van der Waals surface area (Å²) in [5, 5.41) is 10.2. The van der Waals surface area contributed by atoms with Gasteiger partial charge in [-0.1, -0.05) is 59.1 Å². The van der Waals surface area contributed by atoms with E-state index < -0.39 is 0 Å². The SMILES string of the molecule is CC(C)CC[C@@H](C)[C@H]1CC=C2C3=C(CC[C@@]21C)[C@@]1(C)CC[C@H](O)CC1CC3. The zero-order valence-electron chi connectivity index (χ0n) is 18.5. The van der Waals surface area contributed by atoms with E-state index >= 15 is 0 Å². The molecule has 0 aromatic rings. The fourth-order valence-corrected chi connectivity index (χ4v) is 7.53. The molecule has 152 valence electrons. The first-order valence-electron chi connectivity index (χ1n) is 11.9. The van der Waals surface area contributed by atoms with Crippen molar-refractivity contribution in [2.24, 2.45) is 34.5 Å². The lowest BCUT2D eigenvalue weighted by atomic mass is 9.51. The van der Waals surface area contributed by atoms with Crippen LogP contribution in [-0.4, -0.2) is 11.2 Å². The minimum absolute atomic E-state index is 0.0454. The quantitative estimate of drug-likeness (QED) is 0.561. The molecule has 4 rings (SSSR count). The summed E-state index contributed by atoms with van der Waals surface area (Å²) in [6.45, 7) is 12.4. The molecule has 0 amide bonds. The number of fused-ring (bicyclic) bond motifs is 4. The van der Waals surface area contributed by atoms with Crippen molar-refractivity contribution >= 4 is 0 Å². The van der Waals surface area contributed by atoms with Gasteiger partial charge in [-0.05, 0) is 97.0 Å². The third kappa shape index (κ3) is 3.17. The summed E-state index contributed by atoms with van der Waals surface area (Å²) in [5.74, 6) is 3.22. The van der Waals surface area contributed by atoms with Gasteiger partial charge in [-0.3, -0.25) is 0 Å². The van der Waals surface area contributed by atoms with Crippen molar-refractivity contribution in [1.29, 1.82) is 0 Å². The van der Waals surface area contributed by atoms with E-state index in [1.807, 2.05) is 5.57 Å². The van der Waals surface area contributed by atoms with Crippen LogP contribution >= 0.6 is 0 Å². The van der Waals surface area contributed by atoms with Gasteiger partial charge < -0.3 is 5.11 Å². The van der Waals surface area contributed by atoms with Gasteiger partial charge in [-0.25, -0.2) is 0 Å². The molecule has 1 heteroatoms. The van der Waals surface area contributed by atoms with Crippen LogP contribution < -0.4 is 0 Å². The molecule has 1 saturated carbocycles. The Labute approximate surface area is 167 Å². The normalized spacial score (nSPS) is 42.5. The van der Waals surface area contributed by atoms with Crippen molar-refractivity contribution in [1.82, 2.24) is 0 Å². The summed E-state index contributed by atoms with van der Waals surface area (Å²) in [6, 6.07) is 0. The maximum Gasteiger partial charge on any atom is 0.0543 e. The average Bonchev–Trinajstić information content (AvgIpc) is 2.97. The van der Waals surface area contributed by atoms with Crippen LogP contribution in [0.5, 0.6) is 0 Å². The van der Waals surface area contributed by atoms with E-state index in [1.54, 1.807) is 11.1 Å². The molecule has 27 heavy (non-hydrogen) atoms. The average molecular weight is 371 g/mol. The molecule has 0 aliphatic heterocycles. The minimum atomic E-state index is -0.0454. The highest BCUT2D eigenvalue weighted by atomic mass is 16.3. The van der Waals surface area contributed by atoms with Gasteiger partial charge in [0.25, 0.3) is 0 Å². The zero-order chi connectivity index (χ0) is 19.4. The molecule has 4 aliphatic carbocycles. The van der Waals surface area contributed by atoms with Crippen molar-refractivity contribution < 1.29 is 5.11 Å². The molecular weight excluding hydrogens is 328 g/mol. The van der Waals surface area contributed by atoms with E-state index in [2.05, 4.69) is 40.7 Å². The monoisotopic (exact) mass is 370 g/mol. The summed E-state index contributed by atoms with van der Waals surface area (Å²) in [5.41, 5.74) is 6.14. The zero-order valence-corrected chi connectivity index (χ0v) is 18.5. The predicted molar refractivity (Wildman–Crippen MR) is 114 cm³/mol. The Hall–Kier alpha value is -0.560. The number of aliphatic hydroxyl groups excluding tert-OH is 1. The second kappa shape index (κ2) is 7.05. The van der Waals surface area contributed by atoms with Gasteiger partial charge in [0.15, 0.2) is 0 Å². The fourth-order valence-electron chi connectivity index (χ4n) is 7.53. The lowest BCUT2D eigenvalue weighted by Gasteiger charge is -2.54. The third-order valence-electron chi connectivity index (χ3n) is 9.37. The Morgan fingerprint density at radius 2 is 1.81 bits per heavy atom. The first-order valence-corrected chi connectivity index (χ1v) is 11.9. The standard InChI is InChI=1S/C26H42O/c1-17(2)6-7-18(3)22-10-11-23-21-9-8-19-16-20(27)12-14-25(19,4)24(21)13-15-26(22,23)5/h11,17-20,22,27H,6-10,12-16H2,1-5H3/t18-,19?,20+,22-,25+,26-/m1/s1. The number of allylic oxidation sites excluding steroid dienone is 4. The van der Waals surface area contributed by atoms with Crippen LogP contribution in [0.4, 0.5) is 0 Å². The molecule has 0 aromatic heterocycles. The van der Waals surface area contributed by atoms with E-state index in [-0.39, 0.29) is 6.10 Å². The van der Waals surface area contributed by atoms with E-state index in [9.17, 15) is 5.11 Å². The van der Waals surface area contributed by atoms with E-state index in [0.29, 0.717) is 16.7 Å². The summed E-state index contributed by atoms with van der Waals surface area (Å²) in [4.78, 5) is 0. The van der Waals surface area contributed by atoms with Crippen LogP contribution in [0.3, 0.4) is 0 Å². The van der Waals surface area contributed by atoms with E-state index in [4.69, 9.17) is 0 Å². The fraction of sp³-hybridized carbons (Fsp3) is 0.846. The Morgan fingerprint density at radius 1 is 1.04 bits per heavy atom. The van der Waals surface area contributed by atoms with E-state index in [1.165, 1.54) is 51.4 Å². The molecular formula is C26H42O. The molecule has 1 fully saturated rings. The van der Waals surface area contributed by atoms with Gasteiger partial charge in [0.05, 0.1) is 6.10 Å². The van der Waals surface area contributed by atoms with Crippen LogP contribution in [-0.2, 0) is 0 Å². The molecule has 0 aromatic carbocycles. The summed E-state index contributed by atoms with van der Waals surface area (Å²) in [6.07, 6.45) is 15.2. The lowest BCUT2D eigenvalue weighted by Crippen LogP contribution is -2.44. The number of hydrogen-bond acceptors (Lipinski definition) is 1. The summed E-state index contributed by atoms with van der Waals surface area (Å²) in [7, 11) is 0. The smallest absolute Gasteiger partial charge is 0.0543 e. The Bertz CT molecular complexity index is 641. The van der Waals surface area contributed by atoms with Gasteiger partial charge in [0.2, 0.25) is 0 Å².